The van der Waals surface area contributed by atoms with Gasteiger partial charge in [0, 0.05) is 32.7 Å². The van der Waals surface area contributed by atoms with Crippen molar-refractivity contribution in [3.05, 3.63) is 35.4 Å². The number of alkyl halides is 3. The van der Waals surface area contributed by atoms with Crippen LogP contribution in [0.3, 0.4) is 0 Å². The number of aryl methyl sites for hydroxylation is 1. The van der Waals surface area contributed by atoms with Gasteiger partial charge >= 0.3 is 12.2 Å². The Balaban J connectivity index is 1.81. The van der Waals surface area contributed by atoms with Crippen molar-refractivity contribution in [2.75, 3.05) is 32.7 Å². The fourth-order valence-electron chi connectivity index (χ4n) is 2.70. The predicted molar refractivity (Wildman–Crippen MR) is 82.1 cm³/mol. The van der Waals surface area contributed by atoms with Crippen molar-refractivity contribution in [1.29, 1.82) is 0 Å². The molecule has 1 aromatic carbocycles. The van der Waals surface area contributed by atoms with Crippen LogP contribution in [0.2, 0.25) is 0 Å². The number of benzene rings is 1. The summed E-state index contributed by atoms with van der Waals surface area (Å²) in [5.74, 6) is 0. The Kier molecular flexibility index (Phi) is 5.87. The summed E-state index contributed by atoms with van der Waals surface area (Å²) in [5, 5.41) is 2.83. The molecule has 0 bridgehead atoms. The maximum Gasteiger partial charge on any atom is 0.401 e. The maximum atomic E-state index is 12.4. The molecule has 7 heteroatoms. The third kappa shape index (κ3) is 6.09. The summed E-state index contributed by atoms with van der Waals surface area (Å²) in [5.41, 5.74) is 2.13. The second-order valence-corrected chi connectivity index (χ2v) is 5.88. The first kappa shape index (κ1) is 17.6. The molecule has 1 fully saturated rings. The lowest BCUT2D eigenvalue weighted by Gasteiger charge is -2.23. The van der Waals surface area contributed by atoms with Gasteiger partial charge in [-0.1, -0.05) is 29.8 Å². The number of amides is 2. The average molecular weight is 329 g/mol. The van der Waals surface area contributed by atoms with E-state index in [2.05, 4.69) is 5.32 Å². The third-order valence-corrected chi connectivity index (χ3v) is 3.80. The van der Waals surface area contributed by atoms with Gasteiger partial charge in [0.2, 0.25) is 0 Å². The van der Waals surface area contributed by atoms with Gasteiger partial charge < -0.3 is 10.2 Å². The summed E-state index contributed by atoms with van der Waals surface area (Å²) in [4.78, 5) is 15.1. The first-order chi connectivity index (χ1) is 10.8. The first-order valence-corrected chi connectivity index (χ1v) is 7.71. The minimum atomic E-state index is -4.19. The van der Waals surface area contributed by atoms with Crippen LogP contribution >= 0.6 is 0 Å². The maximum absolute atomic E-state index is 12.4. The monoisotopic (exact) mass is 329 g/mol. The van der Waals surface area contributed by atoms with Crippen LogP contribution < -0.4 is 5.32 Å². The molecule has 1 heterocycles. The minimum absolute atomic E-state index is 0.222. The largest absolute Gasteiger partial charge is 0.401 e. The van der Waals surface area contributed by atoms with Gasteiger partial charge in [0.05, 0.1) is 6.54 Å². The smallest absolute Gasteiger partial charge is 0.334 e. The minimum Gasteiger partial charge on any atom is -0.334 e. The number of carbonyl (C=O) groups excluding carboxylic acids is 1. The van der Waals surface area contributed by atoms with E-state index in [1.807, 2.05) is 31.2 Å². The summed E-state index contributed by atoms with van der Waals surface area (Å²) in [6.07, 6.45) is -3.64. The van der Waals surface area contributed by atoms with Gasteiger partial charge in [-0.25, -0.2) is 4.79 Å². The van der Waals surface area contributed by atoms with Gasteiger partial charge in [-0.3, -0.25) is 4.90 Å². The second-order valence-electron chi connectivity index (χ2n) is 5.88. The molecule has 1 aliphatic heterocycles. The molecule has 0 radical (unpaired) electrons. The molecule has 1 saturated heterocycles. The summed E-state index contributed by atoms with van der Waals surface area (Å²) < 4.78 is 37.3. The van der Waals surface area contributed by atoms with Crippen LogP contribution in [0.25, 0.3) is 0 Å². The van der Waals surface area contributed by atoms with Gasteiger partial charge in [-0.05, 0) is 18.9 Å². The Morgan fingerprint density at radius 3 is 2.70 bits per heavy atom. The van der Waals surface area contributed by atoms with E-state index in [1.165, 1.54) is 4.90 Å². The average Bonchev–Trinajstić information content (AvgIpc) is 2.69. The van der Waals surface area contributed by atoms with Crippen molar-refractivity contribution in [2.45, 2.75) is 26.1 Å². The lowest BCUT2D eigenvalue weighted by atomic mass is 10.1. The highest BCUT2D eigenvalue weighted by Gasteiger charge is 2.31. The van der Waals surface area contributed by atoms with E-state index < -0.39 is 12.7 Å². The first-order valence-electron chi connectivity index (χ1n) is 7.71. The lowest BCUT2D eigenvalue weighted by Crippen LogP contribution is -2.42. The van der Waals surface area contributed by atoms with Crippen LogP contribution in [0.15, 0.2) is 24.3 Å². The Bertz CT molecular complexity index is 534. The molecule has 23 heavy (non-hydrogen) atoms. The van der Waals surface area contributed by atoms with Gasteiger partial charge in [-0.2, -0.15) is 13.2 Å². The van der Waals surface area contributed by atoms with Gasteiger partial charge in [0.1, 0.15) is 0 Å². The molecule has 2 amide bonds. The fraction of sp³-hybridized carbons (Fsp3) is 0.562. The van der Waals surface area contributed by atoms with Crippen LogP contribution in [0.4, 0.5) is 18.0 Å². The van der Waals surface area contributed by atoms with E-state index in [0.717, 1.165) is 11.1 Å². The molecule has 0 saturated carbocycles. The molecule has 1 aromatic rings. The van der Waals surface area contributed by atoms with Gasteiger partial charge in [0.25, 0.3) is 0 Å². The number of hydrogen-bond donors (Lipinski definition) is 1. The fourth-order valence-corrected chi connectivity index (χ4v) is 2.70. The number of hydrogen-bond acceptors (Lipinski definition) is 2. The lowest BCUT2D eigenvalue weighted by molar-refractivity contribution is -0.145. The number of halogens is 3. The molecule has 0 aromatic heterocycles. The van der Waals surface area contributed by atoms with Crippen molar-refractivity contribution in [3.63, 3.8) is 0 Å². The molecule has 0 spiro atoms. The number of carbonyl (C=O) groups is 1. The van der Waals surface area contributed by atoms with Crippen molar-refractivity contribution in [1.82, 2.24) is 15.1 Å². The highest BCUT2D eigenvalue weighted by Crippen LogP contribution is 2.17. The van der Waals surface area contributed by atoms with Crippen LogP contribution in [0.1, 0.15) is 17.5 Å². The number of nitrogens with zero attached hydrogens (tertiary/aromatic N) is 2. The molecule has 2 rings (SSSR count). The molecule has 1 N–H and O–H groups in total. The van der Waals surface area contributed by atoms with Crippen molar-refractivity contribution >= 4 is 6.03 Å². The summed E-state index contributed by atoms with van der Waals surface area (Å²) in [7, 11) is 0. The summed E-state index contributed by atoms with van der Waals surface area (Å²) in [6, 6.07) is 7.61. The van der Waals surface area contributed by atoms with Gasteiger partial charge in [-0.15, -0.1) is 0 Å². The number of rotatable bonds is 3. The molecular formula is C16H22F3N3O. The van der Waals surface area contributed by atoms with E-state index >= 15 is 0 Å². The van der Waals surface area contributed by atoms with Crippen molar-refractivity contribution in [2.24, 2.45) is 0 Å². The normalized spacial score (nSPS) is 17.0. The molecule has 0 unspecified atom stereocenters. The zero-order valence-corrected chi connectivity index (χ0v) is 13.2. The third-order valence-electron chi connectivity index (χ3n) is 3.80. The Hall–Kier alpha value is -1.76. The molecule has 1 aliphatic rings. The molecular weight excluding hydrogens is 307 g/mol. The predicted octanol–water partition coefficient (Wildman–Crippen LogP) is 2.77. The Morgan fingerprint density at radius 1 is 1.22 bits per heavy atom. The number of urea groups is 1. The number of nitrogens with one attached hydrogen (secondary N) is 1. The van der Waals surface area contributed by atoms with E-state index in [9.17, 15) is 18.0 Å². The Labute approximate surface area is 134 Å². The van der Waals surface area contributed by atoms with Crippen molar-refractivity contribution < 1.29 is 18.0 Å². The van der Waals surface area contributed by atoms with Crippen LogP contribution in [-0.4, -0.2) is 54.7 Å². The second kappa shape index (κ2) is 7.68. The van der Waals surface area contributed by atoms with E-state index in [-0.39, 0.29) is 12.6 Å². The topological polar surface area (TPSA) is 35.6 Å². The van der Waals surface area contributed by atoms with Crippen molar-refractivity contribution in [3.8, 4) is 0 Å². The van der Waals surface area contributed by atoms with Crippen LogP contribution in [-0.2, 0) is 6.54 Å². The zero-order chi connectivity index (χ0) is 16.9. The summed E-state index contributed by atoms with van der Waals surface area (Å²) in [6.45, 7) is 2.90. The quantitative estimate of drug-likeness (QED) is 0.926. The van der Waals surface area contributed by atoms with E-state index in [1.54, 1.807) is 4.90 Å². The summed E-state index contributed by atoms with van der Waals surface area (Å²) >= 11 is 0. The highest BCUT2D eigenvalue weighted by molar-refractivity contribution is 5.74. The Morgan fingerprint density at radius 2 is 2.00 bits per heavy atom. The van der Waals surface area contributed by atoms with Crippen LogP contribution in [0.5, 0.6) is 0 Å². The highest BCUT2D eigenvalue weighted by atomic mass is 19.4. The van der Waals surface area contributed by atoms with E-state index in [0.29, 0.717) is 32.6 Å². The van der Waals surface area contributed by atoms with Crippen LogP contribution in [0, 0.1) is 6.92 Å². The SMILES string of the molecule is Cc1cccc(CNC(=O)N2CCCN(CC(F)(F)F)CC2)c1. The molecule has 128 valence electrons. The molecule has 0 atom stereocenters. The van der Waals surface area contributed by atoms with Gasteiger partial charge in [0.15, 0.2) is 0 Å². The van der Waals surface area contributed by atoms with E-state index in [4.69, 9.17) is 0 Å². The standard InChI is InChI=1S/C16H22F3N3O/c1-13-4-2-5-14(10-13)11-20-15(23)22-7-3-6-21(8-9-22)12-16(17,18)19/h2,4-5,10H,3,6-9,11-12H2,1H3,(H,20,23). The molecule has 4 nitrogen and oxygen atoms in total. The zero-order valence-electron chi connectivity index (χ0n) is 13.2. The molecule has 0 aliphatic carbocycles.